The molecule has 5 heteroatoms. The Balaban J connectivity index is 2.09. The van der Waals surface area contributed by atoms with Crippen LogP contribution in [0.25, 0.3) is 0 Å². The summed E-state index contributed by atoms with van der Waals surface area (Å²) in [7, 11) is 2.31. The summed E-state index contributed by atoms with van der Waals surface area (Å²) >= 11 is 0. The Morgan fingerprint density at radius 2 is 1.78 bits per heavy atom. The summed E-state index contributed by atoms with van der Waals surface area (Å²) in [6.07, 6.45) is 9.17. The number of hydrogen-bond donors (Lipinski definition) is 0. The second-order valence-corrected chi connectivity index (χ2v) is 12.9. The Labute approximate surface area is 221 Å². The van der Waals surface area contributed by atoms with Crippen LogP contribution in [-0.2, 0) is 15.3 Å². The van der Waals surface area contributed by atoms with Crippen molar-refractivity contribution in [2.45, 2.75) is 90.6 Å². The average molecular weight is 511 g/mol. The van der Waals surface area contributed by atoms with E-state index in [4.69, 9.17) is 14.6 Å². The van der Waals surface area contributed by atoms with E-state index >= 15 is 0 Å². The largest absolute Gasteiger partial charge is 0.467 e. The van der Waals surface area contributed by atoms with Gasteiger partial charge in [0.15, 0.2) is 6.79 Å². The van der Waals surface area contributed by atoms with Crippen molar-refractivity contribution >= 4 is 20.1 Å². The molecule has 0 spiro atoms. The molecular formula is C31H47N2O2P. The van der Waals surface area contributed by atoms with E-state index in [1.807, 2.05) is 0 Å². The van der Waals surface area contributed by atoms with Gasteiger partial charge < -0.3 is 9.47 Å². The maximum absolute atomic E-state index is 6.28. The first-order chi connectivity index (χ1) is 17.2. The molecule has 0 aliphatic carbocycles. The molecule has 1 saturated heterocycles. The van der Waals surface area contributed by atoms with Gasteiger partial charge in [0, 0.05) is 36.5 Å². The van der Waals surface area contributed by atoms with Gasteiger partial charge >= 0.3 is 0 Å². The molecule has 0 radical (unpaired) electrons. The first-order valence-corrected chi connectivity index (χ1v) is 14.7. The van der Waals surface area contributed by atoms with Gasteiger partial charge in [0.1, 0.15) is 5.75 Å². The number of ether oxygens (including phenoxy) is 2. The molecule has 1 heterocycles. The van der Waals surface area contributed by atoms with Crippen molar-refractivity contribution in [1.82, 2.24) is 5.01 Å². The number of aryl methyl sites for hydroxylation is 1. The number of rotatable bonds is 11. The van der Waals surface area contributed by atoms with Crippen molar-refractivity contribution in [3.05, 3.63) is 58.7 Å². The smallest absolute Gasteiger partial charge is 0.188 e. The Hall–Kier alpha value is -1.90. The summed E-state index contributed by atoms with van der Waals surface area (Å²) in [5.74, 6) is 0.993. The SMILES string of the molecule is CCCC(CC)(Pc1ccccc1/C=N/N1CCCCC1)c1cc(C(C)(C)C)cc(C)c1OCOC. The summed E-state index contributed by atoms with van der Waals surface area (Å²) in [5, 5.41) is 8.48. The van der Waals surface area contributed by atoms with E-state index in [0.717, 1.165) is 38.1 Å². The van der Waals surface area contributed by atoms with E-state index in [-0.39, 0.29) is 17.4 Å². The van der Waals surface area contributed by atoms with Crippen molar-refractivity contribution < 1.29 is 9.47 Å². The van der Waals surface area contributed by atoms with Crippen LogP contribution in [0.1, 0.15) is 95.4 Å². The van der Waals surface area contributed by atoms with Crippen molar-refractivity contribution in [2.24, 2.45) is 5.10 Å². The van der Waals surface area contributed by atoms with Gasteiger partial charge in [0.05, 0.1) is 6.21 Å². The zero-order chi connectivity index (χ0) is 26.2. The van der Waals surface area contributed by atoms with Crippen LogP contribution in [0.15, 0.2) is 41.5 Å². The molecule has 4 nitrogen and oxygen atoms in total. The molecule has 0 amide bonds. The van der Waals surface area contributed by atoms with E-state index in [9.17, 15) is 0 Å². The lowest BCUT2D eigenvalue weighted by atomic mass is 9.81. The standard InChI is InChI=1S/C31H47N2O2P/c1-8-17-31(9-2,27-21-26(30(4,5)6)20-24(3)29(27)35-23-34-7)36-28-16-12-11-15-25(28)22-32-33-18-13-10-14-19-33/h11-12,15-16,20-22,36H,8-10,13-14,17-19,23H2,1-7H3/b32-22+. The second kappa shape index (κ2) is 13.1. The van der Waals surface area contributed by atoms with Crippen molar-refractivity contribution in [3.8, 4) is 5.75 Å². The van der Waals surface area contributed by atoms with Crippen molar-refractivity contribution in [3.63, 3.8) is 0 Å². The molecule has 36 heavy (non-hydrogen) atoms. The highest BCUT2D eigenvalue weighted by molar-refractivity contribution is 7.48. The van der Waals surface area contributed by atoms with Crippen LogP contribution in [0.2, 0.25) is 0 Å². The lowest BCUT2D eigenvalue weighted by molar-refractivity contribution is 0.0493. The Kier molecular flexibility index (Phi) is 10.4. The second-order valence-electron chi connectivity index (χ2n) is 11.1. The summed E-state index contributed by atoms with van der Waals surface area (Å²) in [5.41, 5.74) is 5.17. The number of hydrogen-bond acceptors (Lipinski definition) is 4. The number of benzene rings is 2. The number of nitrogens with zero attached hydrogens (tertiary/aromatic N) is 2. The van der Waals surface area contributed by atoms with Gasteiger partial charge in [0.2, 0.25) is 0 Å². The summed E-state index contributed by atoms with van der Waals surface area (Å²) in [6.45, 7) is 16.1. The van der Waals surface area contributed by atoms with Gasteiger partial charge in [-0.3, -0.25) is 5.01 Å². The average Bonchev–Trinajstić information content (AvgIpc) is 2.86. The monoisotopic (exact) mass is 510 g/mol. The lowest BCUT2D eigenvalue weighted by Gasteiger charge is -2.37. The highest BCUT2D eigenvalue weighted by Crippen LogP contribution is 2.52. The number of hydrazone groups is 1. The third kappa shape index (κ3) is 7.11. The van der Waals surface area contributed by atoms with Crippen molar-refractivity contribution in [1.29, 1.82) is 0 Å². The fourth-order valence-electron chi connectivity index (χ4n) is 5.14. The quantitative estimate of drug-likeness (QED) is 0.178. The highest BCUT2D eigenvalue weighted by atomic mass is 31.1. The first kappa shape index (κ1) is 28.7. The Morgan fingerprint density at radius 3 is 2.42 bits per heavy atom. The molecule has 1 aliphatic heterocycles. The zero-order valence-electron chi connectivity index (χ0n) is 23.6. The zero-order valence-corrected chi connectivity index (χ0v) is 24.6. The van der Waals surface area contributed by atoms with Crippen LogP contribution in [0.4, 0.5) is 0 Å². The minimum atomic E-state index is -0.0150. The van der Waals surface area contributed by atoms with E-state index in [2.05, 4.69) is 89.2 Å². The van der Waals surface area contributed by atoms with Gasteiger partial charge in [-0.2, -0.15) is 5.10 Å². The molecule has 1 fully saturated rings. The molecule has 0 bridgehead atoms. The van der Waals surface area contributed by atoms with Crippen LogP contribution in [0.3, 0.4) is 0 Å². The van der Waals surface area contributed by atoms with Crippen LogP contribution in [0.5, 0.6) is 5.75 Å². The van der Waals surface area contributed by atoms with Gasteiger partial charge in [-0.15, -0.1) is 0 Å². The normalized spacial score (nSPS) is 16.7. The fraction of sp³-hybridized carbons (Fsp3) is 0.581. The van der Waals surface area contributed by atoms with Crippen molar-refractivity contribution in [2.75, 3.05) is 27.0 Å². The maximum atomic E-state index is 6.28. The fourth-order valence-corrected chi connectivity index (χ4v) is 7.00. The molecule has 2 atom stereocenters. The topological polar surface area (TPSA) is 34.1 Å². The first-order valence-electron chi connectivity index (χ1n) is 13.7. The number of piperidine rings is 1. The molecule has 198 valence electrons. The van der Waals surface area contributed by atoms with Gasteiger partial charge in [-0.25, -0.2) is 0 Å². The molecule has 0 N–H and O–H groups in total. The van der Waals surface area contributed by atoms with E-state index in [1.165, 1.54) is 46.8 Å². The predicted octanol–water partition coefficient (Wildman–Crippen LogP) is 7.50. The summed E-state index contributed by atoms with van der Waals surface area (Å²) in [6, 6.07) is 13.5. The van der Waals surface area contributed by atoms with E-state index in [0.29, 0.717) is 8.58 Å². The van der Waals surface area contributed by atoms with E-state index in [1.54, 1.807) is 7.11 Å². The van der Waals surface area contributed by atoms with Gasteiger partial charge in [-0.1, -0.05) is 86.0 Å². The van der Waals surface area contributed by atoms with Crippen LogP contribution in [0, 0.1) is 6.92 Å². The molecular weight excluding hydrogens is 463 g/mol. The summed E-state index contributed by atoms with van der Waals surface area (Å²) in [4.78, 5) is 0. The third-order valence-electron chi connectivity index (χ3n) is 7.28. The minimum Gasteiger partial charge on any atom is -0.467 e. The Morgan fingerprint density at radius 1 is 1.06 bits per heavy atom. The van der Waals surface area contributed by atoms with Gasteiger partial charge in [-0.05, 0) is 60.9 Å². The molecule has 0 saturated carbocycles. The molecule has 2 aromatic rings. The van der Waals surface area contributed by atoms with Crippen LogP contribution in [-0.4, -0.2) is 38.2 Å². The molecule has 3 rings (SSSR count). The van der Waals surface area contributed by atoms with E-state index < -0.39 is 0 Å². The lowest BCUT2D eigenvalue weighted by Crippen LogP contribution is -2.27. The molecule has 2 unspecified atom stereocenters. The highest BCUT2D eigenvalue weighted by Gasteiger charge is 2.35. The minimum absolute atomic E-state index is 0.0150. The Bertz CT molecular complexity index is 1010. The molecule has 1 aliphatic rings. The number of methoxy groups -OCH3 is 1. The molecule has 2 aromatic carbocycles. The predicted molar refractivity (Wildman–Crippen MR) is 157 cm³/mol. The maximum Gasteiger partial charge on any atom is 0.188 e. The van der Waals surface area contributed by atoms with Crippen LogP contribution < -0.4 is 10.0 Å². The third-order valence-corrected chi connectivity index (χ3v) is 9.36. The van der Waals surface area contributed by atoms with Gasteiger partial charge in [0.25, 0.3) is 0 Å². The van der Waals surface area contributed by atoms with Crippen LogP contribution >= 0.6 is 8.58 Å². The summed E-state index contributed by atoms with van der Waals surface area (Å²) < 4.78 is 11.6. The molecule has 0 aromatic heterocycles.